The summed E-state index contributed by atoms with van der Waals surface area (Å²) in [7, 11) is 0. The first-order valence-electron chi connectivity index (χ1n) is 7.59. The standard InChI is InChI=1S/C18H13F3N2O3/c1-11-5-4-8-15-22-12(9-16(24)23(11)15)10-26-17(25)13-6-2-3-7-14(13)18(19,20)21/h2-9H,10H2,1H3. The summed E-state index contributed by atoms with van der Waals surface area (Å²) in [5, 5.41) is 0. The van der Waals surface area contributed by atoms with Crippen LogP contribution in [0, 0.1) is 6.92 Å². The molecule has 0 amide bonds. The van der Waals surface area contributed by atoms with Crippen LogP contribution in [0.15, 0.2) is 53.3 Å². The minimum absolute atomic E-state index is 0.151. The molecule has 134 valence electrons. The molecule has 0 fully saturated rings. The molecule has 3 aromatic rings. The van der Waals surface area contributed by atoms with Gasteiger partial charge in [-0.25, -0.2) is 9.78 Å². The highest BCUT2D eigenvalue weighted by molar-refractivity contribution is 5.91. The van der Waals surface area contributed by atoms with Crippen LogP contribution >= 0.6 is 0 Å². The zero-order chi connectivity index (χ0) is 18.9. The van der Waals surface area contributed by atoms with Crippen LogP contribution in [0.3, 0.4) is 0 Å². The number of aryl methyl sites for hydroxylation is 1. The highest BCUT2D eigenvalue weighted by atomic mass is 19.4. The normalized spacial score (nSPS) is 11.5. The molecule has 8 heteroatoms. The van der Waals surface area contributed by atoms with Crippen LogP contribution in [0.1, 0.15) is 27.3 Å². The number of fused-ring (bicyclic) bond motifs is 1. The predicted octanol–water partition coefficient (Wildman–Crippen LogP) is 3.38. The SMILES string of the molecule is Cc1cccc2nc(COC(=O)c3ccccc3C(F)(F)F)cc(=O)n12. The number of hydrogen-bond donors (Lipinski definition) is 0. The summed E-state index contributed by atoms with van der Waals surface area (Å²) in [5.41, 5.74) is -0.837. The maximum absolute atomic E-state index is 13.0. The Morgan fingerprint density at radius 1 is 1.15 bits per heavy atom. The zero-order valence-corrected chi connectivity index (χ0v) is 13.6. The van der Waals surface area contributed by atoms with E-state index in [1.54, 1.807) is 25.1 Å². The van der Waals surface area contributed by atoms with Gasteiger partial charge >= 0.3 is 12.1 Å². The molecule has 0 aliphatic heterocycles. The molecule has 0 aliphatic rings. The van der Waals surface area contributed by atoms with Gasteiger partial charge in [0.2, 0.25) is 0 Å². The Morgan fingerprint density at radius 3 is 2.62 bits per heavy atom. The first-order chi connectivity index (χ1) is 12.3. The molecule has 0 unspecified atom stereocenters. The molecule has 0 atom stereocenters. The van der Waals surface area contributed by atoms with E-state index >= 15 is 0 Å². The van der Waals surface area contributed by atoms with Gasteiger partial charge in [0.25, 0.3) is 5.56 Å². The summed E-state index contributed by atoms with van der Waals surface area (Å²) in [6, 6.07) is 10.6. The second-order valence-electron chi connectivity index (χ2n) is 5.57. The maximum Gasteiger partial charge on any atom is 0.417 e. The van der Waals surface area contributed by atoms with E-state index in [4.69, 9.17) is 4.74 Å². The Kier molecular flexibility index (Phi) is 4.50. The highest BCUT2D eigenvalue weighted by Gasteiger charge is 2.35. The van der Waals surface area contributed by atoms with Crippen LogP contribution < -0.4 is 5.56 Å². The first kappa shape index (κ1) is 17.7. The first-order valence-corrected chi connectivity index (χ1v) is 7.59. The number of nitrogens with zero attached hydrogens (tertiary/aromatic N) is 2. The van der Waals surface area contributed by atoms with Crippen molar-refractivity contribution < 1.29 is 22.7 Å². The Hall–Kier alpha value is -3.16. The molecule has 1 aromatic carbocycles. The summed E-state index contributed by atoms with van der Waals surface area (Å²) < 4.78 is 45.2. The predicted molar refractivity (Wildman–Crippen MR) is 86.8 cm³/mol. The lowest BCUT2D eigenvalue weighted by Gasteiger charge is -2.12. The van der Waals surface area contributed by atoms with Crippen molar-refractivity contribution in [2.45, 2.75) is 19.7 Å². The number of pyridine rings is 1. The Morgan fingerprint density at radius 2 is 1.88 bits per heavy atom. The molecular weight excluding hydrogens is 349 g/mol. The van der Waals surface area contributed by atoms with E-state index in [0.717, 1.165) is 12.1 Å². The Labute approximate surface area is 145 Å². The van der Waals surface area contributed by atoms with Crippen molar-refractivity contribution in [3.05, 3.63) is 81.4 Å². The fraction of sp³-hybridized carbons (Fsp3) is 0.167. The van der Waals surface area contributed by atoms with Crippen LogP contribution in [-0.4, -0.2) is 15.4 Å². The topological polar surface area (TPSA) is 60.7 Å². The Bertz CT molecular complexity index is 1040. The minimum atomic E-state index is -4.67. The van der Waals surface area contributed by atoms with Gasteiger partial charge in [-0.3, -0.25) is 9.20 Å². The summed E-state index contributed by atoms with van der Waals surface area (Å²) in [6.45, 7) is 1.33. The fourth-order valence-corrected chi connectivity index (χ4v) is 2.56. The van der Waals surface area contributed by atoms with E-state index in [1.807, 2.05) is 0 Å². The number of halogens is 3. The van der Waals surface area contributed by atoms with Crippen molar-refractivity contribution in [2.75, 3.05) is 0 Å². The summed E-state index contributed by atoms with van der Waals surface area (Å²) in [4.78, 5) is 28.4. The van der Waals surface area contributed by atoms with Gasteiger partial charge < -0.3 is 4.74 Å². The number of alkyl halides is 3. The molecule has 0 spiro atoms. The van der Waals surface area contributed by atoms with Gasteiger partial charge in [0.1, 0.15) is 12.3 Å². The van der Waals surface area contributed by atoms with E-state index < -0.39 is 29.9 Å². The van der Waals surface area contributed by atoms with Crippen LogP contribution in [0.2, 0.25) is 0 Å². The lowest BCUT2D eigenvalue weighted by molar-refractivity contribution is -0.138. The third kappa shape index (κ3) is 3.44. The van der Waals surface area contributed by atoms with Crippen molar-refractivity contribution >= 4 is 11.6 Å². The second kappa shape index (κ2) is 6.62. The number of carbonyl (C=O) groups is 1. The number of rotatable bonds is 3. The van der Waals surface area contributed by atoms with Crippen molar-refractivity contribution in [2.24, 2.45) is 0 Å². The van der Waals surface area contributed by atoms with Crippen LogP contribution in [0.4, 0.5) is 13.2 Å². The lowest BCUT2D eigenvalue weighted by atomic mass is 10.1. The number of hydrogen-bond acceptors (Lipinski definition) is 4. The van der Waals surface area contributed by atoms with E-state index in [9.17, 15) is 22.8 Å². The van der Waals surface area contributed by atoms with Crippen LogP contribution in [0.5, 0.6) is 0 Å². The summed E-state index contributed by atoms with van der Waals surface area (Å²) in [6.07, 6.45) is -4.67. The Balaban J connectivity index is 1.85. The minimum Gasteiger partial charge on any atom is -0.456 e. The third-order valence-corrected chi connectivity index (χ3v) is 3.74. The number of ether oxygens (including phenoxy) is 1. The smallest absolute Gasteiger partial charge is 0.417 e. The summed E-state index contributed by atoms with van der Waals surface area (Å²) >= 11 is 0. The third-order valence-electron chi connectivity index (χ3n) is 3.74. The molecule has 26 heavy (non-hydrogen) atoms. The highest BCUT2D eigenvalue weighted by Crippen LogP contribution is 2.32. The van der Waals surface area contributed by atoms with Crippen molar-refractivity contribution in [1.82, 2.24) is 9.38 Å². The summed E-state index contributed by atoms with van der Waals surface area (Å²) in [5.74, 6) is -1.14. The molecule has 5 nitrogen and oxygen atoms in total. The van der Waals surface area contributed by atoms with Gasteiger partial charge in [-0.05, 0) is 31.2 Å². The average molecular weight is 362 g/mol. The van der Waals surface area contributed by atoms with Gasteiger partial charge in [0.05, 0.1) is 16.8 Å². The van der Waals surface area contributed by atoms with Gasteiger partial charge in [-0.15, -0.1) is 0 Å². The van der Waals surface area contributed by atoms with Gasteiger partial charge in [0, 0.05) is 11.8 Å². The fourth-order valence-electron chi connectivity index (χ4n) is 2.56. The monoisotopic (exact) mass is 362 g/mol. The molecular formula is C18H13F3N2O3. The van der Waals surface area contributed by atoms with Crippen LogP contribution in [-0.2, 0) is 17.5 Å². The molecule has 0 N–H and O–H groups in total. The molecule has 0 radical (unpaired) electrons. The quantitative estimate of drug-likeness (QED) is 0.670. The van der Waals surface area contributed by atoms with Crippen molar-refractivity contribution in [3.8, 4) is 0 Å². The molecule has 2 heterocycles. The van der Waals surface area contributed by atoms with Crippen LogP contribution in [0.25, 0.3) is 5.65 Å². The molecule has 2 aromatic heterocycles. The lowest BCUT2D eigenvalue weighted by Crippen LogP contribution is -2.19. The molecule has 0 aliphatic carbocycles. The maximum atomic E-state index is 13.0. The van der Waals surface area contributed by atoms with Gasteiger partial charge in [-0.1, -0.05) is 18.2 Å². The van der Waals surface area contributed by atoms with Gasteiger partial charge in [0.15, 0.2) is 0 Å². The number of esters is 1. The largest absolute Gasteiger partial charge is 0.456 e. The number of aromatic nitrogens is 2. The number of benzene rings is 1. The van der Waals surface area contributed by atoms with E-state index in [0.29, 0.717) is 11.3 Å². The van der Waals surface area contributed by atoms with E-state index in [1.165, 1.54) is 22.6 Å². The molecule has 0 saturated carbocycles. The zero-order valence-electron chi connectivity index (χ0n) is 13.6. The van der Waals surface area contributed by atoms with Crippen molar-refractivity contribution in [3.63, 3.8) is 0 Å². The van der Waals surface area contributed by atoms with E-state index in [2.05, 4.69) is 4.98 Å². The van der Waals surface area contributed by atoms with Gasteiger partial charge in [-0.2, -0.15) is 13.2 Å². The average Bonchev–Trinajstić information content (AvgIpc) is 2.58. The second-order valence-corrected chi connectivity index (χ2v) is 5.57. The number of carbonyl (C=O) groups excluding carboxylic acids is 1. The molecule has 3 rings (SSSR count). The van der Waals surface area contributed by atoms with E-state index in [-0.39, 0.29) is 11.3 Å². The van der Waals surface area contributed by atoms with Crippen molar-refractivity contribution in [1.29, 1.82) is 0 Å². The molecule has 0 saturated heterocycles. The molecule has 0 bridgehead atoms.